The van der Waals surface area contributed by atoms with E-state index in [-0.39, 0.29) is 32.6 Å². The number of hydrogen-bond acceptors (Lipinski definition) is 9. The molecule has 2 aliphatic rings. The Morgan fingerprint density at radius 2 is 1.41 bits per heavy atom. The van der Waals surface area contributed by atoms with Gasteiger partial charge in [-0.05, 0) is 47.5 Å². The standard InChI is InChI=1S/C24H23NO9/c1-28-17-9-15(11-19-23(17)33-13-31-19)3-5-21(26)25-7-8-30-22(27)6-4-16-10-18(29-2)24-20(12-16)32-14-34-24/h3-6,9-12H,7-8,13-14H2,1-2H3,(H,25,26)/b5-3+,6-4-. The zero-order valence-electron chi connectivity index (χ0n) is 18.6. The van der Waals surface area contributed by atoms with Crippen LogP contribution in [0.4, 0.5) is 0 Å². The maximum atomic E-state index is 12.0. The van der Waals surface area contributed by atoms with Gasteiger partial charge in [-0.2, -0.15) is 0 Å². The molecule has 0 bridgehead atoms. The molecule has 0 aliphatic carbocycles. The Labute approximate surface area is 195 Å². The molecule has 178 valence electrons. The van der Waals surface area contributed by atoms with Crippen molar-refractivity contribution in [1.29, 1.82) is 0 Å². The lowest BCUT2D eigenvalue weighted by Gasteiger charge is -2.06. The third kappa shape index (κ3) is 5.34. The van der Waals surface area contributed by atoms with E-state index in [0.29, 0.717) is 45.6 Å². The number of esters is 1. The number of benzene rings is 2. The molecule has 0 atom stereocenters. The Bertz CT molecular complexity index is 1050. The molecule has 0 fully saturated rings. The molecule has 0 unspecified atom stereocenters. The highest BCUT2D eigenvalue weighted by Crippen LogP contribution is 2.43. The van der Waals surface area contributed by atoms with E-state index in [0.717, 1.165) is 0 Å². The molecule has 4 rings (SSSR count). The van der Waals surface area contributed by atoms with Gasteiger partial charge in [-0.3, -0.25) is 4.79 Å². The van der Waals surface area contributed by atoms with Gasteiger partial charge in [-0.1, -0.05) is 0 Å². The highest BCUT2D eigenvalue weighted by molar-refractivity contribution is 5.92. The van der Waals surface area contributed by atoms with Crippen molar-refractivity contribution in [1.82, 2.24) is 5.32 Å². The fraction of sp³-hybridized carbons (Fsp3) is 0.250. The predicted molar refractivity (Wildman–Crippen MR) is 120 cm³/mol. The topological polar surface area (TPSA) is 111 Å². The molecule has 10 nitrogen and oxygen atoms in total. The maximum Gasteiger partial charge on any atom is 0.330 e. The first-order valence-corrected chi connectivity index (χ1v) is 10.3. The van der Waals surface area contributed by atoms with Gasteiger partial charge in [0.25, 0.3) is 0 Å². The molecular formula is C24H23NO9. The summed E-state index contributed by atoms with van der Waals surface area (Å²) in [4.78, 5) is 24.0. The minimum Gasteiger partial charge on any atom is -0.493 e. The van der Waals surface area contributed by atoms with Crippen molar-refractivity contribution in [3.63, 3.8) is 0 Å². The molecule has 0 saturated carbocycles. The molecule has 1 N–H and O–H groups in total. The van der Waals surface area contributed by atoms with Gasteiger partial charge in [-0.25, -0.2) is 4.79 Å². The number of methoxy groups -OCH3 is 2. The summed E-state index contributed by atoms with van der Waals surface area (Å²) in [7, 11) is 3.05. The number of carbonyl (C=O) groups excluding carboxylic acids is 2. The second-order valence-corrected chi connectivity index (χ2v) is 7.04. The number of hydrogen-bond donors (Lipinski definition) is 1. The van der Waals surface area contributed by atoms with Crippen LogP contribution < -0.4 is 33.7 Å². The van der Waals surface area contributed by atoms with E-state index in [1.165, 1.54) is 26.4 Å². The SMILES string of the molecule is COc1cc(/C=C\C(=O)OCCNC(=O)/C=C/c2cc(OC)c3c(c2)OCO3)cc2c1OCO2. The first kappa shape index (κ1) is 22.8. The van der Waals surface area contributed by atoms with Crippen molar-refractivity contribution in [2.45, 2.75) is 0 Å². The summed E-state index contributed by atoms with van der Waals surface area (Å²) in [5.41, 5.74) is 1.41. The van der Waals surface area contributed by atoms with E-state index in [4.69, 9.17) is 33.2 Å². The van der Waals surface area contributed by atoms with E-state index in [1.54, 1.807) is 36.4 Å². The minimum atomic E-state index is -0.547. The van der Waals surface area contributed by atoms with Gasteiger partial charge < -0.3 is 38.5 Å². The lowest BCUT2D eigenvalue weighted by molar-refractivity contribution is -0.137. The van der Waals surface area contributed by atoms with Crippen LogP contribution in [-0.4, -0.2) is 52.8 Å². The monoisotopic (exact) mass is 469 g/mol. The number of rotatable bonds is 9. The zero-order chi connectivity index (χ0) is 23.9. The smallest absolute Gasteiger partial charge is 0.330 e. The average molecular weight is 469 g/mol. The molecule has 2 aliphatic heterocycles. The van der Waals surface area contributed by atoms with E-state index in [2.05, 4.69) is 5.32 Å². The van der Waals surface area contributed by atoms with Crippen LogP contribution >= 0.6 is 0 Å². The van der Waals surface area contributed by atoms with Crippen molar-refractivity contribution >= 4 is 24.0 Å². The Kier molecular flexibility index (Phi) is 7.07. The van der Waals surface area contributed by atoms with E-state index in [1.807, 2.05) is 0 Å². The van der Waals surface area contributed by atoms with Gasteiger partial charge >= 0.3 is 5.97 Å². The second kappa shape index (κ2) is 10.5. The normalized spacial score (nSPS) is 13.4. The molecule has 0 aromatic heterocycles. The Balaban J connectivity index is 1.22. The van der Waals surface area contributed by atoms with Crippen LogP contribution in [0.5, 0.6) is 34.5 Å². The van der Waals surface area contributed by atoms with Crippen LogP contribution in [0.15, 0.2) is 36.4 Å². The van der Waals surface area contributed by atoms with Crippen LogP contribution in [0, 0.1) is 0 Å². The Morgan fingerprint density at radius 3 is 1.97 bits per heavy atom. The van der Waals surface area contributed by atoms with Gasteiger partial charge in [0.15, 0.2) is 23.0 Å². The molecule has 1 amide bonds. The molecule has 2 aromatic rings. The van der Waals surface area contributed by atoms with Crippen LogP contribution in [0.2, 0.25) is 0 Å². The average Bonchev–Trinajstić information content (AvgIpc) is 3.52. The summed E-state index contributed by atoms with van der Waals surface area (Å²) >= 11 is 0. The molecular weight excluding hydrogens is 446 g/mol. The summed E-state index contributed by atoms with van der Waals surface area (Å²) in [6.45, 7) is 0.418. The summed E-state index contributed by atoms with van der Waals surface area (Å²) in [6, 6.07) is 6.94. The minimum absolute atomic E-state index is 0.0189. The van der Waals surface area contributed by atoms with Gasteiger partial charge in [0, 0.05) is 12.2 Å². The number of nitrogens with one attached hydrogen (secondary N) is 1. The van der Waals surface area contributed by atoms with Crippen molar-refractivity contribution in [2.75, 3.05) is 41.0 Å². The highest BCUT2D eigenvalue weighted by atomic mass is 16.7. The summed E-state index contributed by atoms with van der Waals surface area (Å²) in [5, 5.41) is 2.65. The van der Waals surface area contributed by atoms with Crippen LogP contribution in [-0.2, 0) is 14.3 Å². The summed E-state index contributed by atoms with van der Waals surface area (Å²) in [6.07, 6.45) is 5.85. The molecule has 34 heavy (non-hydrogen) atoms. The van der Waals surface area contributed by atoms with Crippen molar-refractivity contribution < 1.29 is 42.7 Å². The van der Waals surface area contributed by atoms with Crippen LogP contribution in [0.3, 0.4) is 0 Å². The van der Waals surface area contributed by atoms with E-state index >= 15 is 0 Å². The Morgan fingerprint density at radius 1 is 0.853 bits per heavy atom. The molecule has 0 saturated heterocycles. The van der Waals surface area contributed by atoms with Crippen molar-refractivity contribution in [2.24, 2.45) is 0 Å². The third-order valence-corrected chi connectivity index (χ3v) is 4.85. The highest BCUT2D eigenvalue weighted by Gasteiger charge is 2.20. The molecule has 2 aromatic carbocycles. The van der Waals surface area contributed by atoms with Gasteiger partial charge in [-0.15, -0.1) is 0 Å². The molecule has 2 heterocycles. The van der Waals surface area contributed by atoms with Gasteiger partial charge in [0.2, 0.25) is 31.0 Å². The quantitative estimate of drug-likeness (QED) is 0.336. The predicted octanol–water partition coefficient (Wildman–Crippen LogP) is 2.55. The maximum absolute atomic E-state index is 12.0. The lowest BCUT2D eigenvalue weighted by atomic mass is 10.1. The number of carbonyl (C=O) groups is 2. The van der Waals surface area contributed by atoms with Gasteiger partial charge in [0.05, 0.1) is 20.8 Å². The van der Waals surface area contributed by atoms with E-state index in [9.17, 15) is 9.59 Å². The first-order chi connectivity index (χ1) is 16.6. The van der Waals surface area contributed by atoms with Gasteiger partial charge in [0.1, 0.15) is 6.61 Å². The number of ether oxygens (including phenoxy) is 7. The lowest BCUT2D eigenvalue weighted by Crippen LogP contribution is -2.26. The fourth-order valence-electron chi connectivity index (χ4n) is 3.26. The molecule has 0 radical (unpaired) electrons. The summed E-state index contributed by atoms with van der Waals surface area (Å²) < 4.78 is 37.0. The second-order valence-electron chi connectivity index (χ2n) is 7.04. The number of fused-ring (bicyclic) bond motifs is 2. The van der Waals surface area contributed by atoms with Crippen LogP contribution in [0.1, 0.15) is 11.1 Å². The summed E-state index contributed by atoms with van der Waals surface area (Å²) in [5.74, 6) is 2.32. The van der Waals surface area contributed by atoms with E-state index < -0.39 is 5.97 Å². The zero-order valence-corrected chi connectivity index (χ0v) is 18.6. The largest absolute Gasteiger partial charge is 0.493 e. The molecule has 10 heteroatoms. The van der Waals surface area contributed by atoms with Crippen molar-refractivity contribution in [3.05, 3.63) is 47.5 Å². The third-order valence-electron chi connectivity index (χ3n) is 4.85. The molecule has 0 spiro atoms. The number of amides is 1. The van der Waals surface area contributed by atoms with Crippen LogP contribution in [0.25, 0.3) is 12.2 Å². The first-order valence-electron chi connectivity index (χ1n) is 10.3. The fourth-order valence-corrected chi connectivity index (χ4v) is 3.26. The van der Waals surface area contributed by atoms with Crippen molar-refractivity contribution in [3.8, 4) is 34.5 Å². The Hall–Kier alpha value is -4.34.